The first-order chi connectivity index (χ1) is 14.5. The van der Waals surface area contributed by atoms with Crippen LogP contribution < -0.4 is 11.1 Å². The number of carbonyl (C=O) groups excluding carboxylic acids is 1. The molecule has 0 spiro atoms. The average molecular weight is 403 g/mol. The number of carboxylic acid groups (broad SMARTS) is 1. The summed E-state index contributed by atoms with van der Waals surface area (Å²) in [7, 11) is 0. The van der Waals surface area contributed by atoms with E-state index in [9.17, 15) is 14.7 Å². The summed E-state index contributed by atoms with van der Waals surface area (Å²) in [6, 6.07) is 21.2. The van der Waals surface area contributed by atoms with E-state index >= 15 is 0 Å². The number of hydrogen-bond acceptors (Lipinski definition) is 4. The van der Waals surface area contributed by atoms with Gasteiger partial charge in [0.15, 0.2) is 0 Å². The molecule has 0 atom stereocenters. The molecule has 6 heteroatoms. The number of nitrogens with one attached hydrogen (secondary N) is 1. The minimum absolute atomic E-state index is 0.307. The molecular weight excluding hydrogens is 378 g/mol. The van der Waals surface area contributed by atoms with Crippen molar-refractivity contribution in [2.75, 3.05) is 18.8 Å². The zero-order valence-electron chi connectivity index (χ0n) is 16.7. The van der Waals surface area contributed by atoms with Crippen molar-refractivity contribution in [1.29, 1.82) is 0 Å². The van der Waals surface area contributed by atoms with E-state index < -0.39 is 17.4 Å². The topological polar surface area (TPSA) is 95.7 Å². The Kier molecular flexibility index (Phi) is 5.42. The molecule has 1 aliphatic rings. The smallest absolute Gasteiger partial charge is 0.329 e. The average Bonchev–Trinajstić information content (AvgIpc) is 2.75. The normalized spacial score (nSPS) is 16.3. The van der Waals surface area contributed by atoms with Gasteiger partial charge in [-0.05, 0) is 41.3 Å². The van der Waals surface area contributed by atoms with Gasteiger partial charge < -0.3 is 16.2 Å². The molecule has 3 aromatic rings. The van der Waals surface area contributed by atoms with E-state index in [1.165, 1.54) is 5.56 Å². The highest BCUT2D eigenvalue weighted by Gasteiger charge is 2.43. The van der Waals surface area contributed by atoms with E-state index in [0.717, 1.165) is 17.3 Å². The summed E-state index contributed by atoms with van der Waals surface area (Å²) in [6.45, 7) is 1.95. The van der Waals surface area contributed by atoms with Crippen molar-refractivity contribution in [3.63, 3.8) is 0 Å². The van der Waals surface area contributed by atoms with Gasteiger partial charge in [-0.1, -0.05) is 54.6 Å². The molecule has 3 aromatic carbocycles. The first kappa shape index (κ1) is 19.9. The number of aliphatic carboxylic acids is 1. The predicted octanol–water partition coefficient (Wildman–Crippen LogP) is 3.27. The Morgan fingerprint density at radius 2 is 1.57 bits per heavy atom. The van der Waals surface area contributed by atoms with Gasteiger partial charge in [-0.25, -0.2) is 4.79 Å². The minimum atomic E-state index is -1.29. The van der Waals surface area contributed by atoms with Crippen LogP contribution in [0.15, 0.2) is 66.7 Å². The molecule has 0 saturated carbocycles. The van der Waals surface area contributed by atoms with Gasteiger partial charge in [0.05, 0.1) is 5.56 Å². The highest BCUT2D eigenvalue weighted by Crippen LogP contribution is 2.27. The quantitative estimate of drug-likeness (QED) is 0.568. The summed E-state index contributed by atoms with van der Waals surface area (Å²) in [5.41, 5.74) is 6.65. The number of rotatable bonds is 5. The Morgan fingerprint density at radius 3 is 2.20 bits per heavy atom. The Hall–Kier alpha value is -3.38. The molecule has 0 aromatic heterocycles. The van der Waals surface area contributed by atoms with Gasteiger partial charge in [-0.3, -0.25) is 9.69 Å². The van der Waals surface area contributed by atoms with E-state index in [-0.39, 0.29) is 0 Å². The van der Waals surface area contributed by atoms with Crippen LogP contribution in [0.3, 0.4) is 0 Å². The third-order valence-corrected chi connectivity index (χ3v) is 5.88. The van der Waals surface area contributed by atoms with Crippen molar-refractivity contribution in [2.24, 2.45) is 0 Å². The van der Waals surface area contributed by atoms with Gasteiger partial charge in [0.1, 0.15) is 5.54 Å². The van der Waals surface area contributed by atoms with Crippen molar-refractivity contribution < 1.29 is 14.7 Å². The van der Waals surface area contributed by atoms with Crippen LogP contribution in [0.4, 0.5) is 5.69 Å². The van der Waals surface area contributed by atoms with Crippen LogP contribution in [0.1, 0.15) is 28.8 Å². The van der Waals surface area contributed by atoms with Crippen molar-refractivity contribution >= 4 is 28.3 Å². The largest absolute Gasteiger partial charge is 0.480 e. The maximum atomic E-state index is 13.0. The Bertz CT molecular complexity index is 1070. The predicted molar refractivity (Wildman–Crippen MR) is 117 cm³/mol. The van der Waals surface area contributed by atoms with Crippen LogP contribution in [0.25, 0.3) is 10.8 Å². The SMILES string of the molecule is Nc1cc2ccccc2cc1C(=O)NC1(C(=O)O)CCN(Cc2ccccc2)CC1. The molecule has 4 N–H and O–H groups in total. The lowest BCUT2D eigenvalue weighted by Gasteiger charge is -2.39. The Labute approximate surface area is 175 Å². The van der Waals surface area contributed by atoms with Crippen LogP contribution in [0.5, 0.6) is 0 Å². The summed E-state index contributed by atoms with van der Waals surface area (Å²) in [4.78, 5) is 27.3. The van der Waals surface area contributed by atoms with E-state index in [4.69, 9.17) is 5.73 Å². The summed E-state index contributed by atoms with van der Waals surface area (Å²) < 4.78 is 0. The molecular formula is C24H25N3O3. The van der Waals surface area contributed by atoms with Gasteiger partial charge >= 0.3 is 5.97 Å². The Balaban J connectivity index is 1.49. The number of anilines is 1. The summed E-state index contributed by atoms with van der Waals surface area (Å²) >= 11 is 0. The number of nitrogens with two attached hydrogens (primary N) is 1. The number of hydrogen-bond donors (Lipinski definition) is 3. The van der Waals surface area contributed by atoms with Crippen LogP contribution in [0.2, 0.25) is 0 Å². The lowest BCUT2D eigenvalue weighted by molar-refractivity contribution is -0.146. The highest BCUT2D eigenvalue weighted by molar-refractivity contribution is 6.05. The number of nitrogen functional groups attached to an aromatic ring is 1. The molecule has 6 nitrogen and oxygen atoms in total. The summed E-state index contributed by atoms with van der Waals surface area (Å²) in [5, 5.41) is 14.6. The van der Waals surface area contributed by atoms with Crippen LogP contribution >= 0.6 is 0 Å². The van der Waals surface area contributed by atoms with Gasteiger partial charge in [-0.15, -0.1) is 0 Å². The third kappa shape index (κ3) is 4.00. The molecule has 1 amide bonds. The first-order valence-electron chi connectivity index (χ1n) is 10.1. The zero-order valence-corrected chi connectivity index (χ0v) is 16.7. The Morgan fingerprint density at radius 1 is 0.967 bits per heavy atom. The van der Waals surface area contributed by atoms with Crippen LogP contribution in [0, 0.1) is 0 Å². The fourth-order valence-corrected chi connectivity index (χ4v) is 4.07. The molecule has 4 rings (SSSR count). The molecule has 30 heavy (non-hydrogen) atoms. The second-order valence-corrected chi connectivity index (χ2v) is 7.89. The lowest BCUT2D eigenvalue weighted by Crippen LogP contribution is -2.60. The number of nitrogens with zero attached hydrogens (tertiary/aromatic N) is 1. The molecule has 1 fully saturated rings. The molecule has 0 radical (unpaired) electrons. The number of piperidine rings is 1. The van der Waals surface area contributed by atoms with Crippen LogP contribution in [-0.4, -0.2) is 40.5 Å². The maximum Gasteiger partial charge on any atom is 0.329 e. The number of likely N-dealkylation sites (tertiary alicyclic amines) is 1. The third-order valence-electron chi connectivity index (χ3n) is 5.88. The molecule has 1 aliphatic heterocycles. The standard InChI is InChI=1S/C24H25N3O3/c25-21-15-19-9-5-4-8-18(19)14-20(21)22(28)26-24(23(29)30)10-12-27(13-11-24)16-17-6-2-1-3-7-17/h1-9,14-15H,10-13,16,25H2,(H,26,28)(H,29,30). The number of benzene rings is 3. The van der Waals surface area contributed by atoms with Crippen molar-refractivity contribution in [3.8, 4) is 0 Å². The molecule has 154 valence electrons. The van der Waals surface area contributed by atoms with E-state index in [1.807, 2.05) is 42.5 Å². The fraction of sp³-hybridized carbons (Fsp3) is 0.250. The number of amides is 1. The van der Waals surface area contributed by atoms with Gasteiger partial charge in [0, 0.05) is 25.3 Å². The molecule has 0 bridgehead atoms. The van der Waals surface area contributed by atoms with E-state index in [2.05, 4.69) is 22.3 Å². The first-order valence-corrected chi connectivity index (χ1v) is 10.1. The second kappa shape index (κ2) is 8.16. The number of carboxylic acids is 1. The monoisotopic (exact) mass is 403 g/mol. The highest BCUT2D eigenvalue weighted by atomic mass is 16.4. The van der Waals surface area contributed by atoms with Gasteiger partial charge in [-0.2, -0.15) is 0 Å². The number of carbonyl (C=O) groups is 2. The van der Waals surface area contributed by atoms with Gasteiger partial charge in [0.2, 0.25) is 0 Å². The van der Waals surface area contributed by atoms with Crippen molar-refractivity contribution in [1.82, 2.24) is 10.2 Å². The molecule has 0 unspecified atom stereocenters. The number of fused-ring (bicyclic) bond motifs is 1. The van der Waals surface area contributed by atoms with Crippen molar-refractivity contribution in [2.45, 2.75) is 24.9 Å². The summed E-state index contributed by atoms with van der Waals surface area (Å²) in [5.74, 6) is -1.45. The van der Waals surface area contributed by atoms with E-state index in [0.29, 0.717) is 37.2 Å². The molecule has 1 saturated heterocycles. The lowest BCUT2D eigenvalue weighted by atomic mass is 9.86. The van der Waals surface area contributed by atoms with Crippen molar-refractivity contribution in [3.05, 3.63) is 77.9 Å². The molecule has 1 heterocycles. The molecule has 0 aliphatic carbocycles. The maximum absolute atomic E-state index is 13.0. The second-order valence-electron chi connectivity index (χ2n) is 7.89. The fourth-order valence-electron chi connectivity index (χ4n) is 4.07. The minimum Gasteiger partial charge on any atom is -0.480 e. The summed E-state index contributed by atoms with van der Waals surface area (Å²) in [6.07, 6.45) is 0.683. The zero-order chi connectivity index (χ0) is 21.1. The van der Waals surface area contributed by atoms with E-state index in [1.54, 1.807) is 12.1 Å². The van der Waals surface area contributed by atoms with Crippen LogP contribution in [-0.2, 0) is 11.3 Å². The van der Waals surface area contributed by atoms with Gasteiger partial charge in [0.25, 0.3) is 5.91 Å².